The normalized spacial score (nSPS) is 32.5. The summed E-state index contributed by atoms with van der Waals surface area (Å²) in [6, 6.07) is 4.95. The fourth-order valence-electron chi connectivity index (χ4n) is 3.55. The Morgan fingerprint density at radius 1 is 1.37 bits per heavy atom. The number of hydrogen-bond donors (Lipinski definition) is 3. The molecule has 2 bridgehead atoms. The van der Waals surface area contributed by atoms with Crippen molar-refractivity contribution in [2.24, 2.45) is 23.5 Å². The van der Waals surface area contributed by atoms with Gasteiger partial charge in [0.1, 0.15) is 5.75 Å². The molecule has 2 aliphatic carbocycles. The number of aromatic hydroxyl groups is 1. The Morgan fingerprint density at radius 3 is 2.79 bits per heavy atom. The number of phenols is 1. The van der Waals surface area contributed by atoms with Crippen LogP contribution in [-0.2, 0) is 4.79 Å². The van der Waals surface area contributed by atoms with Gasteiger partial charge in [-0.15, -0.1) is 0 Å². The van der Waals surface area contributed by atoms with E-state index >= 15 is 0 Å². The van der Waals surface area contributed by atoms with Crippen LogP contribution >= 0.6 is 15.9 Å². The Bertz CT molecular complexity index is 518. The summed E-state index contributed by atoms with van der Waals surface area (Å²) in [5.74, 6) is 0.810. The van der Waals surface area contributed by atoms with Crippen molar-refractivity contribution in [3.05, 3.63) is 22.7 Å². The highest BCUT2D eigenvalue weighted by molar-refractivity contribution is 9.10. The van der Waals surface area contributed by atoms with Gasteiger partial charge in [0.2, 0.25) is 5.91 Å². The van der Waals surface area contributed by atoms with Crippen LogP contribution in [0.5, 0.6) is 5.75 Å². The molecule has 3 rings (SSSR count). The molecule has 0 saturated heterocycles. The molecule has 5 heteroatoms. The molecule has 0 radical (unpaired) electrons. The summed E-state index contributed by atoms with van der Waals surface area (Å²) in [5.41, 5.74) is 6.59. The monoisotopic (exact) mass is 324 g/mol. The number of hydrogen-bond acceptors (Lipinski definition) is 3. The van der Waals surface area contributed by atoms with Gasteiger partial charge in [0.05, 0.1) is 11.6 Å². The van der Waals surface area contributed by atoms with E-state index in [1.54, 1.807) is 18.2 Å². The first-order chi connectivity index (χ1) is 9.06. The predicted molar refractivity (Wildman–Crippen MR) is 76.7 cm³/mol. The summed E-state index contributed by atoms with van der Waals surface area (Å²) >= 11 is 3.33. The Kier molecular flexibility index (Phi) is 3.27. The van der Waals surface area contributed by atoms with Crippen LogP contribution in [0, 0.1) is 17.8 Å². The molecule has 1 aromatic carbocycles. The minimum atomic E-state index is -0.114. The van der Waals surface area contributed by atoms with Crippen molar-refractivity contribution in [2.45, 2.75) is 25.3 Å². The maximum Gasteiger partial charge on any atom is 0.229 e. The first kappa shape index (κ1) is 12.9. The number of rotatable bonds is 2. The fourth-order valence-corrected chi connectivity index (χ4v) is 3.91. The van der Waals surface area contributed by atoms with Gasteiger partial charge in [-0.25, -0.2) is 0 Å². The summed E-state index contributed by atoms with van der Waals surface area (Å²) in [6.07, 6.45) is 3.32. The SMILES string of the molecule is NC1C2CCC(C2)C1C(=O)Nc1cc(Br)ccc1O. The maximum atomic E-state index is 12.4. The first-order valence-corrected chi connectivity index (χ1v) is 7.40. The zero-order chi connectivity index (χ0) is 13.6. The average Bonchev–Trinajstić information content (AvgIpc) is 2.94. The minimum Gasteiger partial charge on any atom is -0.506 e. The molecule has 2 fully saturated rings. The number of phenolic OH excluding ortho intramolecular Hbond substituents is 1. The van der Waals surface area contributed by atoms with Gasteiger partial charge in [-0.05, 0) is 49.3 Å². The number of carbonyl (C=O) groups excluding carboxylic acids is 1. The standard InChI is InChI=1S/C14H17BrN2O2/c15-9-3-4-11(18)10(6-9)17-14(19)12-7-1-2-8(5-7)13(12)16/h3-4,6-8,12-13,18H,1-2,5,16H2,(H,17,19). The van der Waals surface area contributed by atoms with E-state index in [1.807, 2.05) is 0 Å². The van der Waals surface area contributed by atoms with Crippen LogP contribution in [0.1, 0.15) is 19.3 Å². The topological polar surface area (TPSA) is 75.4 Å². The minimum absolute atomic E-state index is 0.0342. The molecule has 2 saturated carbocycles. The molecule has 102 valence electrons. The number of nitrogens with one attached hydrogen (secondary N) is 1. The van der Waals surface area contributed by atoms with E-state index in [1.165, 1.54) is 0 Å². The molecule has 4 atom stereocenters. The molecule has 1 aromatic rings. The second-order valence-electron chi connectivity index (χ2n) is 5.59. The third kappa shape index (κ3) is 2.25. The predicted octanol–water partition coefficient (Wildman–Crippen LogP) is 2.47. The number of carbonyl (C=O) groups is 1. The number of benzene rings is 1. The first-order valence-electron chi connectivity index (χ1n) is 6.61. The molecule has 4 nitrogen and oxygen atoms in total. The lowest BCUT2D eigenvalue weighted by Gasteiger charge is -2.27. The van der Waals surface area contributed by atoms with Crippen LogP contribution in [0.3, 0.4) is 0 Å². The lowest BCUT2D eigenvalue weighted by atomic mass is 9.84. The number of nitrogens with two attached hydrogens (primary N) is 1. The van der Waals surface area contributed by atoms with Crippen LogP contribution in [0.2, 0.25) is 0 Å². The van der Waals surface area contributed by atoms with Crippen molar-refractivity contribution >= 4 is 27.5 Å². The molecule has 4 N–H and O–H groups in total. The molecule has 0 aliphatic heterocycles. The van der Waals surface area contributed by atoms with Crippen molar-refractivity contribution in [3.8, 4) is 5.75 Å². The Hall–Kier alpha value is -1.07. The van der Waals surface area contributed by atoms with Gasteiger partial charge in [-0.1, -0.05) is 15.9 Å². The van der Waals surface area contributed by atoms with E-state index in [-0.39, 0.29) is 23.6 Å². The highest BCUT2D eigenvalue weighted by atomic mass is 79.9. The highest BCUT2D eigenvalue weighted by Gasteiger charge is 2.49. The van der Waals surface area contributed by atoms with Crippen LogP contribution in [0.15, 0.2) is 22.7 Å². The van der Waals surface area contributed by atoms with Crippen LogP contribution in [-0.4, -0.2) is 17.1 Å². The van der Waals surface area contributed by atoms with E-state index in [4.69, 9.17) is 5.73 Å². The van der Waals surface area contributed by atoms with Crippen molar-refractivity contribution < 1.29 is 9.90 Å². The van der Waals surface area contributed by atoms with Crippen LogP contribution in [0.4, 0.5) is 5.69 Å². The lowest BCUT2D eigenvalue weighted by Crippen LogP contribution is -2.42. The summed E-state index contributed by atoms with van der Waals surface area (Å²) < 4.78 is 0.817. The molecule has 4 unspecified atom stereocenters. The molecule has 2 aliphatic rings. The fraction of sp³-hybridized carbons (Fsp3) is 0.500. The zero-order valence-electron chi connectivity index (χ0n) is 10.5. The largest absolute Gasteiger partial charge is 0.506 e. The maximum absolute atomic E-state index is 12.4. The van der Waals surface area contributed by atoms with Crippen molar-refractivity contribution in [3.63, 3.8) is 0 Å². The van der Waals surface area contributed by atoms with E-state index in [2.05, 4.69) is 21.2 Å². The van der Waals surface area contributed by atoms with Crippen LogP contribution < -0.4 is 11.1 Å². The molecule has 0 aromatic heterocycles. The molecular weight excluding hydrogens is 308 g/mol. The quantitative estimate of drug-likeness (QED) is 0.731. The van der Waals surface area contributed by atoms with Gasteiger partial charge in [-0.3, -0.25) is 4.79 Å². The van der Waals surface area contributed by atoms with Crippen LogP contribution in [0.25, 0.3) is 0 Å². The second-order valence-corrected chi connectivity index (χ2v) is 6.50. The average molecular weight is 325 g/mol. The smallest absolute Gasteiger partial charge is 0.229 e. The number of halogens is 1. The Labute approximate surface area is 120 Å². The van der Waals surface area contributed by atoms with Gasteiger partial charge in [-0.2, -0.15) is 0 Å². The second kappa shape index (κ2) is 4.80. The number of amides is 1. The molecule has 1 amide bonds. The van der Waals surface area contributed by atoms with E-state index < -0.39 is 0 Å². The zero-order valence-corrected chi connectivity index (χ0v) is 12.1. The van der Waals surface area contributed by atoms with E-state index in [9.17, 15) is 9.90 Å². The third-order valence-electron chi connectivity index (χ3n) is 4.50. The number of fused-ring (bicyclic) bond motifs is 2. The Balaban J connectivity index is 1.77. The van der Waals surface area contributed by atoms with E-state index in [0.717, 1.165) is 23.7 Å². The van der Waals surface area contributed by atoms with Gasteiger partial charge in [0, 0.05) is 10.5 Å². The molecule has 0 spiro atoms. The molecular formula is C14H17BrN2O2. The molecule has 0 heterocycles. The Morgan fingerprint density at radius 2 is 2.11 bits per heavy atom. The lowest BCUT2D eigenvalue weighted by molar-refractivity contribution is -0.121. The van der Waals surface area contributed by atoms with Gasteiger partial charge in [0.15, 0.2) is 0 Å². The van der Waals surface area contributed by atoms with Crippen molar-refractivity contribution in [1.29, 1.82) is 0 Å². The van der Waals surface area contributed by atoms with Crippen molar-refractivity contribution in [1.82, 2.24) is 0 Å². The summed E-state index contributed by atoms with van der Waals surface area (Å²) in [6.45, 7) is 0. The molecule has 19 heavy (non-hydrogen) atoms. The van der Waals surface area contributed by atoms with Gasteiger partial charge in [0.25, 0.3) is 0 Å². The highest BCUT2D eigenvalue weighted by Crippen LogP contribution is 2.48. The third-order valence-corrected chi connectivity index (χ3v) is 4.99. The summed E-state index contributed by atoms with van der Waals surface area (Å²) in [7, 11) is 0. The summed E-state index contributed by atoms with van der Waals surface area (Å²) in [5, 5.41) is 12.6. The van der Waals surface area contributed by atoms with Gasteiger partial charge < -0.3 is 16.2 Å². The van der Waals surface area contributed by atoms with E-state index in [0.29, 0.717) is 17.5 Å². The van der Waals surface area contributed by atoms with Gasteiger partial charge >= 0.3 is 0 Å². The van der Waals surface area contributed by atoms with Crippen molar-refractivity contribution in [2.75, 3.05) is 5.32 Å². The summed E-state index contributed by atoms with van der Waals surface area (Å²) in [4.78, 5) is 12.4. The number of anilines is 1.